The highest BCUT2D eigenvalue weighted by Gasteiger charge is 2.14. The molecule has 1 unspecified atom stereocenters. The van der Waals surface area contributed by atoms with E-state index in [-0.39, 0.29) is 5.91 Å². The van der Waals surface area contributed by atoms with Gasteiger partial charge in [-0.2, -0.15) is 5.10 Å². The minimum atomic E-state index is -0.676. The van der Waals surface area contributed by atoms with Crippen molar-refractivity contribution in [3.05, 3.63) is 72.3 Å². The van der Waals surface area contributed by atoms with Crippen LogP contribution in [0.3, 0.4) is 0 Å². The van der Waals surface area contributed by atoms with Gasteiger partial charge in [0.15, 0.2) is 6.10 Å². The summed E-state index contributed by atoms with van der Waals surface area (Å²) in [6.45, 7) is 4.38. The largest absolute Gasteiger partial charge is 0.493 e. The minimum Gasteiger partial charge on any atom is -0.493 e. The first kappa shape index (κ1) is 19.4. The molecule has 1 amide bonds. The van der Waals surface area contributed by atoms with E-state index in [0.29, 0.717) is 12.4 Å². The molecule has 0 spiro atoms. The van der Waals surface area contributed by atoms with Crippen LogP contribution >= 0.6 is 0 Å². The highest BCUT2D eigenvalue weighted by atomic mass is 16.5. The zero-order chi connectivity index (χ0) is 19.8. The number of nitrogens with one attached hydrogen (secondary N) is 1. The molecule has 0 aromatic heterocycles. The molecule has 144 valence electrons. The van der Waals surface area contributed by atoms with Crippen LogP contribution in [0.4, 0.5) is 0 Å². The summed E-state index contributed by atoms with van der Waals surface area (Å²) in [6, 6.07) is 21.3. The third-order valence-corrected chi connectivity index (χ3v) is 4.16. The third kappa shape index (κ3) is 5.10. The number of hydrogen-bond donors (Lipinski definition) is 1. The predicted molar refractivity (Wildman–Crippen MR) is 112 cm³/mol. The Labute approximate surface area is 165 Å². The molecule has 0 aliphatic heterocycles. The summed E-state index contributed by atoms with van der Waals surface area (Å²) in [7, 11) is 0. The number of hydrazone groups is 1. The van der Waals surface area contributed by atoms with Gasteiger partial charge >= 0.3 is 0 Å². The van der Waals surface area contributed by atoms with E-state index < -0.39 is 6.10 Å². The Morgan fingerprint density at radius 1 is 1.07 bits per heavy atom. The average Bonchev–Trinajstić information content (AvgIpc) is 2.72. The fourth-order valence-electron chi connectivity index (χ4n) is 2.69. The van der Waals surface area contributed by atoms with Crippen molar-refractivity contribution in [3.8, 4) is 11.5 Å². The Hall–Kier alpha value is -3.34. The molecule has 0 fully saturated rings. The summed E-state index contributed by atoms with van der Waals surface area (Å²) in [4.78, 5) is 12.3. The lowest BCUT2D eigenvalue weighted by molar-refractivity contribution is -0.127. The Kier molecular flexibility index (Phi) is 6.63. The summed E-state index contributed by atoms with van der Waals surface area (Å²) >= 11 is 0. The fourth-order valence-corrected chi connectivity index (χ4v) is 2.69. The van der Waals surface area contributed by atoms with Crippen LogP contribution in [-0.2, 0) is 4.79 Å². The highest BCUT2D eigenvalue weighted by Crippen LogP contribution is 2.21. The van der Waals surface area contributed by atoms with Crippen LogP contribution in [0.15, 0.2) is 71.8 Å². The van der Waals surface area contributed by atoms with E-state index in [2.05, 4.69) is 10.5 Å². The van der Waals surface area contributed by atoms with Gasteiger partial charge in [-0.3, -0.25) is 4.79 Å². The molecule has 3 aromatic carbocycles. The quantitative estimate of drug-likeness (QED) is 0.464. The predicted octanol–water partition coefficient (Wildman–Crippen LogP) is 4.55. The maximum atomic E-state index is 12.3. The Morgan fingerprint density at radius 3 is 2.64 bits per heavy atom. The number of nitrogens with zero attached hydrogens (tertiary/aromatic N) is 1. The maximum absolute atomic E-state index is 12.3. The summed E-state index contributed by atoms with van der Waals surface area (Å²) in [6.07, 6.45) is 1.82. The molecular formula is C23H24N2O3. The zero-order valence-corrected chi connectivity index (χ0v) is 16.1. The molecule has 5 nitrogen and oxygen atoms in total. The molecule has 5 heteroatoms. The second-order valence-electron chi connectivity index (χ2n) is 6.39. The van der Waals surface area contributed by atoms with Crippen LogP contribution in [0, 0.1) is 0 Å². The van der Waals surface area contributed by atoms with Crippen molar-refractivity contribution < 1.29 is 14.3 Å². The van der Waals surface area contributed by atoms with Gasteiger partial charge in [0.05, 0.1) is 12.8 Å². The van der Waals surface area contributed by atoms with Gasteiger partial charge in [-0.25, -0.2) is 5.43 Å². The summed E-state index contributed by atoms with van der Waals surface area (Å²) in [5, 5.41) is 6.23. The maximum Gasteiger partial charge on any atom is 0.280 e. The molecule has 0 saturated carbocycles. The van der Waals surface area contributed by atoms with Crippen LogP contribution in [-0.4, -0.2) is 24.8 Å². The van der Waals surface area contributed by atoms with Crippen molar-refractivity contribution in [2.75, 3.05) is 6.61 Å². The Bertz CT molecular complexity index is 969. The first-order chi connectivity index (χ1) is 13.7. The summed E-state index contributed by atoms with van der Waals surface area (Å²) < 4.78 is 11.4. The van der Waals surface area contributed by atoms with Gasteiger partial charge in [-0.1, -0.05) is 49.4 Å². The molecule has 0 radical (unpaired) electrons. The normalized spacial score (nSPS) is 12.1. The number of para-hydroxylation sites is 1. The third-order valence-electron chi connectivity index (χ3n) is 4.16. The van der Waals surface area contributed by atoms with Crippen molar-refractivity contribution in [3.63, 3.8) is 0 Å². The second-order valence-corrected chi connectivity index (χ2v) is 6.39. The van der Waals surface area contributed by atoms with Crippen LogP contribution in [0.25, 0.3) is 10.8 Å². The molecular weight excluding hydrogens is 352 g/mol. The smallest absolute Gasteiger partial charge is 0.280 e. The molecule has 0 aliphatic rings. The van der Waals surface area contributed by atoms with Crippen LogP contribution in [0.2, 0.25) is 0 Å². The van der Waals surface area contributed by atoms with Gasteiger partial charge in [0.25, 0.3) is 5.91 Å². The lowest BCUT2D eigenvalue weighted by Crippen LogP contribution is -2.33. The van der Waals surface area contributed by atoms with E-state index in [9.17, 15) is 4.79 Å². The lowest BCUT2D eigenvalue weighted by atomic mass is 10.1. The number of hydrogen-bond acceptors (Lipinski definition) is 4. The number of benzene rings is 3. The monoisotopic (exact) mass is 376 g/mol. The summed E-state index contributed by atoms with van der Waals surface area (Å²) in [5.74, 6) is 1.06. The second kappa shape index (κ2) is 9.55. The van der Waals surface area contributed by atoms with Crippen LogP contribution in [0.1, 0.15) is 25.8 Å². The van der Waals surface area contributed by atoms with Crippen LogP contribution in [0.5, 0.6) is 11.5 Å². The number of rotatable bonds is 8. The zero-order valence-electron chi connectivity index (χ0n) is 16.1. The topological polar surface area (TPSA) is 59.9 Å². The van der Waals surface area contributed by atoms with Gasteiger partial charge in [0.1, 0.15) is 11.5 Å². The molecule has 1 N–H and O–H groups in total. The van der Waals surface area contributed by atoms with E-state index in [1.807, 2.05) is 73.7 Å². The first-order valence-corrected chi connectivity index (χ1v) is 9.37. The Balaban J connectivity index is 1.59. The number of ether oxygens (including phenoxy) is 2. The fraction of sp³-hybridized carbons (Fsp3) is 0.217. The van der Waals surface area contributed by atoms with E-state index >= 15 is 0 Å². The number of amides is 1. The van der Waals surface area contributed by atoms with E-state index in [1.165, 1.54) is 0 Å². The molecule has 0 saturated heterocycles. The molecule has 28 heavy (non-hydrogen) atoms. The van der Waals surface area contributed by atoms with Gasteiger partial charge < -0.3 is 9.47 Å². The minimum absolute atomic E-state index is 0.323. The van der Waals surface area contributed by atoms with E-state index in [0.717, 1.165) is 28.5 Å². The highest BCUT2D eigenvalue weighted by molar-refractivity contribution is 5.87. The number of carbonyl (C=O) groups is 1. The van der Waals surface area contributed by atoms with E-state index in [4.69, 9.17) is 9.47 Å². The van der Waals surface area contributed by atoms with Gasteiger partial charge in [-0.15, -0.1) is 0 Å². The first-order valence-electron chi connectivity index (χ1n) is 9.37. The standard InChI is InChI=1S/C23H24N2O3/c1-3-14-27-22-11-7-6-10-20(22)16-24-25-23(26)17(2)28-21-13-12-18-8-4-5-9-19(18)15-21/h4-13,15-17H,3,14H2,1-2H3,(H,25,26). The van der Waals surface area contributed by atoms with E-state index in [1.54, 1.807) is 13.1 Å². The lowest BCUT2D eigenvalue weighted by Gasteiger charge is -2.13. The summed E-state index contributed by atoms with van der Waals surface area (Å²) in [5.41, 5.74) is 3.33. The molecule has 0 heterocycles. The van der Waals surface area contributed by atoms with Crippen molar-refractivity contribution >= 4 is 22.9 Å². The van der Waals surface area contributed by atoms with Gasteiger partial charge in [0.2, 0.25) is 0 Å². The molecule has 0 aliphatic carbocycles. The van der Waals surface area contributed by atoms with Crippen LogP contribution < -0.4 is 14.9 Å². The van der Waals surface area contributed by atoms with Crippen molar-refractivity contribution in [2.24, 2.45) is 5.10 Å². The van der Waals surface area contributed by atoms with Crippen molar-refractivity contribution in [2.45, 2.75) is 26.4 Å². The molecule has 3 aromatic rings. The number of fused-ring (bicyclic) bond motifs is 1. The van der Waals surface area contributed by atoms with Gasteiger partial charge in [0, 0.05) is 5.56 Å². The van der Waals surface area contributed by atoms with Gasteiger partial charge in [-0.05, 0) is 48.4 Å². The molecule has 1 atom stereocenters. The Morgan fingerprint density at radius 2 is 1.82 bits per heavy atom. The van der Waals surface area contributed by atoms with Crippen molar-refractivity contribution in [1.29, 1.82) is 0 Å². The average molecular weight is 376 g/mol. The molecule has 0 bridgehead atoms. The SMILES string of the molecule is CCCOc1ccccc1C=NNC(=O)C(C)Oc1ccc2ccccc2c1. The number of carbonyl (C=O) groups excluding carboxylic acids is 1. The van der Waals surface area contributed by atoms with Crippen molar-refractivity contribution in [1.82, 2.24) is 5.43 Å². The molecule has 3 rings (SSSR count).